The van der Waals surface area contributed by atoms with Gasteiger partial charge in [-0.3, -0.25) is 0 Å². The Balaban J connectivity index is 1.73. The smallest absolute Gasteiger partial charge is 0.276 e. The van der Waals surface area contributed by atoms with Crippen LogP contribution in [-0.2, 0) is 11.3 Å². The van der Waals surface area contributed by atoms with E-state index >= 15 is 0 Å². The molecule has 108 valence electrons. The molecule has 6 nitrogen and oxygen atoms in total. The molecular weight excluding hydrogens is 274 g/mol. The van der Waals surface area contributed by atoms with E-state index < -0.39 is 0 Å². The maximum atomic E-state index is 6.24. The number of H-pyrrole nitrogens is 1. The predicted octanol–water partition coefficient (Wildman–Crippen LogP) is 2.44. The van der Waals surface area contributed by atoms with E-state index in [1.54, 1.807) is 18.0 Å². The van der Waals surface area contributed by atoms with Gasteiger partial charge in [-0.2, -0.15) is 16.7 Å². The van der Waals surface area contributed by atoms with Crippen LogP contribution >= 0.6 is 11.8 Å². The van der Waals surface area contributed by atoms with E-state index in [2.05, 4.69) is 34.0 Å². The Labute approximate surface area is 121 Å². The number of imidazole rings is 1. The number of nitrogens with one attached hydrogen (secondary N) is 1. The molecule has 1 fully saturated rings. The molecule has 0 atom stereocenters. The van der Waals surface area contributed by atoms with Gasteiger partial charge in [0.1, 0.15) is 11.5 Å². The monoisotopic (exact) mass is 293 g/mol. The first kappa shape index (κ1) is 13.6. The summed E-state index contributed by atoms with van der Waals surface area (Å²) in [5.41, 5.74) is 6.68. The molecule has 3 N–H and O–H groups in total. The van der Waals surface area contributed by atoms with Crippen LogP contribution in [0.15, 0.2) is 10.7 Å². The molecule has 0 saturated heterocycles. The number of hydrogen-bond donors (Lipinski definition) is 2. The Hall–Kier alpha value is -1.34. The van der Waals surface area contributed by atoms with Gasteiger partial charge in [-0.05, 0) is 24.5 Å². The Morgan fingerprint density at radius 1 is 1.50 bits per heavy atom. The standard InChI is InChI=1S/C13H19N5OS/c1-8(2)20-7-10-17-11(19-18-10)9-6-15-12(16-9)13(14)4-3-5-13/h6,8H,3-5,7,14H2,1-2H3,(H,15,16). The molecule has 0 spiro atoms. The zero-order chi connectivity index (χ0) is 14.2. The number of aromatic amines is 1. The van der Waals surface area contributed by atoms with Gasteiger partial charge in [0.05, 0.1) is 17.5 Å². The third-order valence-corrected chi connectivity index (χ3v) is 4.63. The van der Waals surface area contributed by atoms with Crippen LogP contribution < -0.4 is 5.73 Å². The number of nitrogens with two attached hydrogens (primary N) is 1. The normalized spacial score (nSPS) is 17.4. The van der Waals surface area contributed by atoms with Crippen molar-refractivity contribution in [3.63, 3.8) is 0 Å². The Morgan fingerprint density at radius 3 is 2.95 bits per heavy atom. The van der Waals surface area contributed by atoms with Crippen molar-refractivity contribution in [3.8, 4) is 11.6 Å². The second-order valence-electron chi connectivity index (χ2n) is 5.53. The minimum atomic E-state index is -0.297. The van der Waals surface area contributed by atoms with Gasteiger partial charge in [0.15, 0.2) is 5.82 Å². The van der Waals surface area contributed by atoms with E-state index in [1.807, 2.05) is 0 Å². The van der Waals surface area contributed by atoms with Gasteiger partial charge in [-0.25, -0.2) is 4.98 Å². The van der Waals surface area contributed by atoms with Crippen molar-refractivity contribution >= 4 is 11.8 Å². The van der Waals surface area contributed by atoms with Crippen LogP contribution in [0.3, 0.4) is 0 Å². The maximum Gasteiger partial charge on any atom is 0.276 e. The largest absolute Gasteiger partial charge is 0.336 e. The number of thioether (sulfide) groups is 1. The summed E-state index contributed by atoms with van der Waals surface area (Å²) in [5, 5.41) is 4.53. The van der Waals surface area contributed by atoms with Gasteiger partial charge in [-0.1, -0.05) is 19.0 Å². The number of hydrogen-bond acceptors (Lipinski definition) is 6. The third kappa shape index (κ3) is 2.60. The molecule has 20 heavy (non-hydrogen) atoms. The first-order chi connectivity index (χ1) is 9.57. The summed E-state index contributed by atoms with van der Waals surface area (Å²) >= 11 is 1.78. The van der Waals surface area contributed by atoms with E-state index in [1.165, 1.54) is 0 Å². The fraction of sp³-hybridized carbons (Fsp3) is 0.615. The Bertz CT molecular complexity index is 587. The summed E-state index contributed by atoms with van der Waals surface area (Å²) < 4.78 is 5.27. The molecule has 2 heterocycles. The lowest BCUT2D eigenvalue weighted by Gasteiger charge is -2.35. The first-order valence-corrected chi connectivity index (χ1v) is 7.91. The van der Waals surface area contributed by atoms with Crippen LogP contribution in [0.2, 0.25) is 0 Å². The van der Waals surface area contributed by atoms with E-state index in [0.717, 1.165) is 36.5 Å². The average Bonchev–Trinajstić information content (AvgIpc) is 3.02. The van der Waals surface area contributed by atoms with Crippen molar-refractivity contribution in [2.24, 2.45) is 5.73 Å². The van der Waals surface area contributed by atoms with Crippen LogP contribution in [0.4, 0.5) is 0 Å². The van der Waals surface area contributed by atoms with Crippen molar-refractivity contribution in [2.75, 3.05) is 0 Å². The molecule has 2 aromatic heterocycles. The minimum Gasteiger partial charge on any atom is -0.336 e. The molecule has 2 aromatic rings. The van der Waals surface area contributed by atoms with Crippen molar-refractivity contribution in [1.29, 1.82) is 0 Å². The fourth-order valence-electron chi connectivity index (χ4n) is 2.14. The highest BCUT2D eigenvalue weighted by atomic mass is 32.2. The van der Waals surface area contributed by atoms with E-state index in [0.29, 0.717) is 17.0 Å². The van der Waals surface area contributed by atoms with Gasteiger partial charge in [0.2, 0.25) is 0 Å². The summed E-state index contributed by atoms with van der Waals surface area (Å²) in [6, 6.07) is 0. The highest BCUT2D eigenvalue weighted by molar-refractivity contribution is 7.99. The molecule has 1 saturated carbocycles. The SMILES string of the molecule is CC(C)SCc1noc(-c2cnc(C3(N)CCC3)[nH]2)n1. The second kappa shape index (κ2) is 5.21. The van der Waals surface area contributed by atoms with Gasteiger partial charge in [-0.15, -0.1) is 0 Å². The first-order valence-electron chi connectivity index (χ1n) is 6.86. The van der Waals surface area contributed by atoms with E-state index in [9.17, 15) is 0 Å². The maximum absolute atomic E-state index is 6.24. The Kier molecular flexibility index (Phi) is 3.55. The van der Waals surface area contributed by atoms with Crippen molar-refractivity contribution in [1.82, 2.24) is 20.1 Å². The molecule has 0 unspecified atom stereocenters. The fourth-order valence-corrected chi connectivity index (χ4v) is 2.74. The molecule has 1 aliphatic carbocycles. The molecule has 0 bridgehead atoms. The van der Waals surface area contributed by atoms with Gasteiger partial charge >= 0.3 is 0 Å². The lowest BCUT2D eigenvalue weighted by atomic mass is 9.77. The lowest BCUT2D eigenvalue weighted by Crippen LogP contribution is -2.44. The quantitative estimate of drug-likeness (QED) is 0.879. The second-order valence-corrected chi connectivity index (χ2v) is 7.10. The highest BCUT2D eigenvalue weighted by Gasteiger charge is 2.37. The lowest BCUT2D eigenvalue weighted by molar-refractivity contribution is 0.240. The highest BCUT2D eigenvalue weighted by Crippen LogP contribution is 2.37. The van der Waals surface area contributed by atoms with Crippen LogP contribution in [0.5, 0.6) is 0 Å². The average molecular weight is 293 g/mol. The van der Waals surface area contributed by atoms with Gasteiger partial charge in [0, 0.05) is 0 Å². The molecule has 0 aromatic carbocycles. The number of nitrogens with zero attached hydrogens (tertiary/aromatic N) is 3. The molecule has 3 rings (SSSR count). The van der Waals surface area contributed by atoms with Crippen molar-refractivity contribution in [2.45, 2.75) is 49.7 Å². The van der Waals surface area contributed by atoms with Crippen LogP contribution in [0.25, 0.3) is 11.6 Å². The molecule has 0 amide bonds. The van der Waals surface area contributed by atoms with Crippen LogP contribution in [0, 0.1) is 0 Å². The van der Waals surface area contributed by atoms with E-state index in [4.69, 9.17) is 10.3 Å². The van der Waals surface area contributed by atoms with Crippen molar-refractivity contribution < 1.29 is 4.52 Å². The zero-order valence-corrected chi connectivity index (χ0v) is 12.5. The predicted molar refractivity (Wildman–Crippen MR) is 78.0 cm³/mol. The third-order valence-electron chi connectivity index (χ3n) is 3.54. The summed E-state index contributed by atoms with van der Waals surface area (Å²) in [5.74, 6) is 2.75. The zero-order valence-electron chi connectivity index (χ0n) is 11.7. The van der Waals surface area contributed by atoms with Crippen molar-refractivity contribution in [3.05, 3.63) is 17.8 Å². The molecular formula is C13H19N5OS. The minimum absolute atomic E-state index is 0.297. The Morgan fingerprint density at radius 2 is 2.30 bits per heavy atom. The summed E-state index contributed by atoms with van der Waals surface area (Å²) in [4.78, 5) is 11.9. The molecule has 0 radical (unpaired) electrons. The summed E-state index contributed by atoms with van der Waals surface area (Å²) in [6.45, 7) is 4.29. The van der Waals surface area contributed by atoms with E-state index in [-0.39, 0.29) is 5.54 Å². The number of rotatable bonds is 5. The van der Waals surface area contributed by atoms with Gasteiger partial charge in [0.25, 0.3) is 5.89 Å². The molecule has 0 aliphatic heterocycles. The van der Waals surface area contributed by atoms with Gasteiger partial charge < -0.3 is 15.2 Å². The van der Waals surface area contributed by atoms with Crippen LogP contribution in [0.1, 0.15) is 44.8 Å². The summed E-state index contributed by atoms with van der Waals surface area (Å²) in [6.07, 6.45) is 4.82. The van der Waals surface area contributed by atoms with Crippen LogP contribution in [-0.4, -0.2) is 25.4 Å². The topological polar surface area (TPSA) is 93.6 Å². The summed E-state index contributed by atoms with van der Waals surface area (Å²) in [7, 11) is 0. The molecule has 1 aliphatic rings. The molecule has 7 heteroatoms. The number of aromatic nitrogens is 4.